The summed E-state index contributed by atoms with van der Waals surface area (Å²) in [5, 5.41) is 0. The number of hydrogen-bond acceptors (Lipinski definition) is 3. The summed E-state index contributed by atoms with van der Waals surface area (Å²) in [6.45, 7) is 1.98. The molecule has 4 heteroatoms. The van der Waals surface area contributed by atoms with E-state index in [9.17, 15) is 0 Å². The third kappa shape index (κ3) is 2.26. The first kappa shape index (κ1) is 12.3. The minimum absolute atomic E-state index is 0.448. The monoisotopic (exact) mass is 273 g/mol. The zero-order valence-corrected chi connectivity index (χ0v) is 11.6. The Kier molecular flexibility index (Phi) is 3.30. The van der Waals surface area contributed by atoms with Crippen LogP contribution in [-0.2, 0) is 5.88 Å². The zero-order valence-electron chi connectivity index (χ0n) is 10.9. The SMILES string of the molecule is CN1CCN(c2ccnc(CCl)c2)c2ccccc21. The van der Waals surface area contributed by atoms with Crippen molar-refractivity contribution in [1.82, 2.24) is 4.98 Å². The van der Waals surface area contributed by atoms with Crippen LogP contribution in [0.4, 0.5) is 17.1 Å². The molecule has 0 N–H and O–H groups in total. The third-order valence-corrected chi connectivity index (χ3v) is 3.77. The van der Waals surface area contributed by atoms with E-state index in [1.165, 1.54) is 11.4 Å². The van der Waals surface area contributed by atoms with E-state index in [0.717, 1.165) is 24.5 Å². The molecular weight excluding hydrogens is 258 g/mol. The molecule has 0 bridgehead atoms. The van der Waals surface area contributed by atoms with Crippen molar-refractivity contribution >= 4 is 28.7 Å². The molecule has 2 aromatic rings. The quantitative estimate of drug-likeness (QED) is 0.782. The van der Waals surface area contributed by atoms with Gasteiger partial charge in [0.25, 0.3) is 0 Å². The number of anilines is 3. The second-order valence-electron chi connectivity index (χ2n) is 4.70. The molecule has 3 rings (SSSR count). The molecule has 1 aromatic carbocycles. The topological polar surface area (TPSA) is 19.4 Å². The fourth-order valence-corrected chi connectivity index (χ4v) is 2.63. The average Bonchev–Trinajstić information content (AvgIpc) is 2.48. The number of aromatic nitrogens is 1. The molecule has 0 amide bonds. The maximum absolute atomic E-state index is 5.87. The van der Waals surface area contributed by atoms with Gasteiger partial charge in [-0.15, -0.1) is 11.6 Å². The van der Waals surface area contributed by atoms with E-state index in [-0.39, 0.29) is 0 Å². The minimum atomic E-state index is 0.448. The van der Waals surface area contributed by atoms with Gasteiger partial charge in [-0.1, -0.05) is 12.1 Å². The van der Waals surface area contributed by atoms with Crippen molar-refractivity contribution in [3.8, 4) is 0 Å². The molecule has 19 heavy (non-hydrogen) atoms. The lowest BCUT2D eigenvalue weighted by Crippen LogP contribution is -2.36. The Morgan fingerprint density at radius 3 is 2.74 bits per heavy atom. The van der Waals surface area contributed by atoms with Crippen LogP contribution in [0.2, 0.25) is 0 Å². The first-order chi connectivity index (χ1) is 9.29. The summed E-state index contributed by atoms with van der Waals surface area (Å²) in [5.41, 5.74) is 4.57. The van der Waals surface area contributed by atoms with E-state index in [1.54, 1.807) is 0 Å². The fraction of sp³-hybridized carbons (Fsp3) is 0.267. The van der Waals surface area contributed by atoms with Crippen LogP contribution in [0.1, 0.15) is 5.69 Å². The van der Waals surface area contributed by atoms with E-state index in [2.05, 4.69) is 52.2 Å². The van der Waals surface area contributed by atoms with Crippen LogP contribution >= 0.6 is 11.6 Å². The number of benzene rings is 1. The van der Waals surface area contributed by atoms with Crippen LogP contribution in [0.3, 0.4) is 0 Å². The number of hydrogen-bond donors (Lipinski definition) is 0. The molecule has 0 aliphatic carbocycles. The molecule has 0 fully saturated rings. The highest BCUT2D eigenvalue weighted by molar-refractivity contribution is 6.16. The summed E-state index contributed by atoms with van der Waals surface area (Å²) < 4.78 is 0. The average molecular weight is 274 g/mol. The summed E-state index contributed by atoms with van der Waals surface area (Å²) in [6, 6.07) is 12.6. The molecule has 0 atom stereocenters. The van der Waals surface area contributed by atoms with Crippen LogP contribution in [0.15, 0.2) is 42.6 Å². The molecule has 2 heterocycles. The van der Waals surface area contributed by atoms with E-state index in [4.69, 9.17) is 11.6 Å². The Bertz CT molecular complexity index is 585. The van der Waals surface area contributed by atoms with Gasteiger partial charge in [-0.05, 0) is 24.3 Å². The van der Waals surface area contributed by atoms with Crippen molar-refractivity contribution in [3.63, 3.8) is 0 Å². The predicted molar refractivity (Wildman–Crippen MR) is 80.5 cm³/mol. The number of halogens is 1. The van der Waals surface area contributed by atoms with E-state index >= 15 is 0 Å². The third-order valence-electron chi connectivity index (χ3n) is 3.49. The molecule has 0 unspecified atom stereocenters. The molecule has 0 radical (unpaired) electrons. The molecule has 0 saturated heterocycles. The largest absolute Gasteiger partial charge is 0.371 e. The Labute approximate surface area is 118 Å². The van der Waals surface area contributed by atoms with Crippen LogP contribution in [-0.4, -0.2) is 25.1 Å². The summed E-state index contributed by atoms with van der Waals surface area (Å²) in [5.74, 6) is 0.448. The number of likely N-dealkylation sites (N-methyl/N-ethyl adjacent to an activating group) is 1. The van der Waals surface area contributed by atoms with Crippen molar-refractivity contribution in [3.05, 3.63) is 48.3 Å². The first-order valence-electron chi connectivity index (χ1n) is 6.38. The second-order valence-corrected chi connectivity index (χ2v) is 4.97. The maximum Gasteiger partial charge on any atom is 0.0649 e. The number of nitrogens with zero attached hydrogens (tertiary/aromatic N) is 3. The smallest absolute Gasteiger partial charge is 0.0649 e. The number of rotatable bonds is 2. The number of fused-ring (bicyclic) bond motifs is 1. The fourth-order valence-electron chi connectivity index (χ4n) is 2.48. The highest BCUT2D eigenvalue weighted by Gasteiger charge is 2.20. The van der Waals surface area contributed by atoms with Crippen LogP contribution in [0, 0.1) is 0 Å². The van der Waals surface area contributed by atoms with Crippen LogP contribution in [0.25, 0.3) is 0 Å². The Morgan fingerprint density at radius 1 is 1.16 bits per heavy atom. The highest BCUT2D eigenvalue weighted by Crippen LogP contribution is 2.36. The number of para-hydroxylation sites is 2. The van der Waals surface area contributed by atoms with Gasteiger partial charge in [0.1, 0.15) is 0 Å². The molecule has 1 aliphatic heterocycles. The van der Waals surface area contributed by atoms with Gasteiger partial charge in [-0.3, -0.25) is 4.98 Å². The minimum Gasteiger partial charge on any atom is -0.371 e. The van der Waals surface area contributed by atoms with E-state index in [1.807, 2.05) is 12.3 Å². The van der Waals surface area contributed by atoms with Crippen molar-refractivity contribution in [2.45, 2.75) is 5.88 Å². The van der Waals surface area contributed by atoms with Gasteiger partial charge in [-0.25, -0.2) is 0 Å². The maximum atomic E-state index is 5.87. The standard InChI is InChI=1S/C15H16ClN3/c1-18-8-9-19(15-5-3-2-4-14(15)18)13-6-7-17-12(10-13)11-16/h2-7,10H,8-9,11H2,1H3. The van der Waals surface area contributed by atoms with Crippen molar-refractivity contribution in [1.29, 1.82) is 0 Å². The predicted octanol–water partition coefficient (Wildman–Crippen LogP) is 3.41. The zero-order chi connectivity index (χ0) is 13.2. The lowest BCUT2D eigenvalue weighted by molar-refractivity contribution is 0.821. The van der Waals surface area contributed by atoms with Crippen molar-refractivity contribution < 1.29 is 0 Å². The Hall–Kier alpha value is -1.74. The first-order valence-corrected chi connectivity index (χ1v) is 6.91. The summed E-state index contributed by atoms with van der Waals surface area (Å²) in [4.78, 5) is 8.87. The van der Waals surface area contributed by atoms with Gasteiger partial charge < -0.3 is 9.80 Å². The Balaban J connectivity index is 2.04. The van der Waals surface area contributed by atoms with Gasteiger partial charge in [0.15, 0.2) is 0 Å². The van der Waals surface area contributed by atoms with Crippen molar-refractivity contribution in [2.24, 2.45) is 0 Å². The summed E-state index contributed by atoms with van der Waals surface area (Å²) in [7, 11) is 2.13. The number of alkyl halides is 1. The molecule has 0 saturated carbocycles. The molecule has 1 aromatic heterocycles. The summed E-state index contributed by atoms with van der Waals surface area (Å²) >= 11 is 5.87. The van der Waals surface area contributed by atoms with Gasteiger partial charge in [-0.2, -0.15) is 0 Å². The van der Waals surface area contributed by atoms with Crippen molar-refractivity contribution in [2.75, 3.05) is 29.9 Å². The van der Waals surface area contributed by atoms with Gasteiger partial charge in [0, 0.05) is 32.0 Å². The van der Waals surface area contributed by atoms with Gasteiger partial charge in [0.05, 0.1) is 22.9 Å². The normalized spacial score (nSPS) is 14.4. The van der Waals surface area contributed by atoms with Crippen LogP contribution in [0.5, 0.6) is 0 Å². The molecule has 3 nitrogen and oxygen atoms in total. The van der Waals surface area contributed by atoms with E-state index < -0.39 is 0 Å². The molecule has 98 valence electrons. The molecule has 0 spiro atoms. The lowest BCUT2D eigenvalue weighted by Gasteiger charge is -2.37. The summed E-state index contributed by atoms with van der Waals surface area (Å²) in [6.07, 6.45) is 1.83. The Morgan fingerprint density at radius 2 is 1.95 bits per heavy atom. The lowest BCUT2D eigenvalue weighted by atomic mass is 10.1. The molecule has 1 aliphatic rings. The van der Waals surface area contributed by atoms with E-state index in [0.29, 0.717) is 5.88 Å². The second kappa shape index (κ2) is 5.10. The van der Waals surface area contributed by atoms with Crippen LogP contribution < -0.4 is 9.80 Å². The van der Waals surface area contributed by atoms with Gasteiger partial charge >= 0.3 is 0 Å². The molecular formula is C15H16ClN3. The number of pyridine rings is 1. The highest BCUT2D eigenvalue weighted by atomic mass is 35.5. The van der Waals surface area contributed by atoms with Gasteiger partial charge in [0.2, 0.25) is 0 Å².